The van der Waals surface area contributed by atoms with Crippen molar-refractivity contribution in [3.8, 4) is 0 Å². The Kier molecular flexibility index (Phi) is 5.61. The van der Waals surface area contributed by atoms with Gasteiger partial charge < -0.3 is 4.90 Å². The molecule has 3 aromatic carbocycles. The predicted molar refractivity (Wildman–Crippen MR) is 111 cm³/mol. The standard InChI is InChI=1S/C24H25N3/c1-4-10-21(11-5-1)16-25-24-19-26(17-22-12-6-2-7-13-22)20-27(24)18-23-14-8-3-9-15-23/h1-15H,16-20H2. The molecule has 136 valence electrons. The van der Waals surface area contributed by atoms with Gasteiger partial charge in [-0.05, 0) is 16.7 Å². The second-order valence-electron chi connectivity index (χ2n) is 7.02. The van der Waals surface area contributed by atoms with E-state index < -0.39 is 0 Å². The van der Waals surface area contributed by atoms with Crippen molar-refractivity contribution in [3.05, 3.63) is 108 Å². The molecule has 0 spiro atoms. The third-order valence-electron chi connectivity index (χ3n) is 4.85. The van der Waals surface area contributed by atoms with Gasteiger partial charge in [0.25, 0.3) is 0 Å². The number of hydrogen-bond acceptors (Lipinski definition) is 2. The Morgan fingerprint density at radius 2 is 1.15 bits per heavy atom. The summed E-state index contributed by atoms with van der Waals surface area (Å²) >= 11 is 0. The molecule has 0 radical (unpaired) electrons. The second-order valence-corrected chi connectivity index (χ2v) is 7.02. The molecular formula is C24H25N3. The molecule has 1 aliphatic rings. The molecule has 0 unspecified atom stereocenters. The van der Waals surface area contributed by atoms with Crippen molar-refractivity contribution in [2.75, 3.05) is 13.2 Å². The van der Waals surface area contributed by atoms with Gasteiger partial charge in [0.05, 0.1) is 19.8 Å². The van der Waals surface area contributed by atoms with Crippen LogP contribution in [0.25, 0.3) is 0 Å². The van der Waals surface area contributed by atoms with Crippen LogP contribution in [-0.2, 0) is 19.6 Å². The summed E-state index contributed by atoms with van der Waals surface area (Å²) in [6.45, 7) is 4.41. The van der Waals surface area contributed by atoms with Crippen LogP contribution in [0.4, 0.5) is 0 Å². The number of nitrogens with zero attached hydrogens (tertiary/aromatic N) is 3. The van der Waals surface area contributed by atoms with E-state index in [2.05, 4.69) is 101 Å². The van der Waals surface area contributed by atoms with Crippen molar-refractivity contribution < 1.29 is 0 Å². The summed E-state index contributed by atoms with van der Waals surface area (Å²) in [6, 6.07) is 31.8. The number of benzene rings is 3. The topological polar surface area (TPSA) is 18.8 Å². The highest BCUT2D eigenvalue weighted by Crippen LogP contribution is 2.17. The number of amidine groups is 1. The van der Waals surface area contributed by atoms with E-state index in [-0.39, 0.29) is 0 Å². The van der Waals surface area contributed by atoms with Crippen LogP contribution < -0.4 is 0 Å². The van der Waals surface area contributed by atoms with E-state index in [1.165, 1.54) is 22.5 Å². The molecule has 1 fully saturated rings. The first-order chi connectivity index (χ1) is 13.4. The fraction of sp³-hybridized carbons (Fsp3) is 0.208. The van der Waals surface area contributed by atoms with Crippen LogP contribution in [0.5, 0.6) is 0 Å². The highest BCUT2D eigenvalue weighted by Gasteiger charge is 2.25. The quantitative estimate of drug-likeness (QED) is 0.645. The van der Waals surface area contributed by atoms with E-state index in [0.29, 0.717) is 0 Å². The maximum Gasteiger partial charge on any atom is 0.115 e. The fourth-order valence-corrected chi connectivity index (χ4v) is 3.48. The zero-order valence-electron chi connectivity index (χ0n) is 15.5. The number of rotatable bonds is 6. The Bertz CT molecular complexity index is 860. The Hall–Kier alpha value is -2.91. The van der Waals surface area contributed by atoms with Crippen LogP contribution in [0.3, 0.4) is 0 Å². The van der Waals surface area contributed by atoms with E-state index in [4.69, 9.17) is 4.99 Å². The molecule has 3 nitrogen and oxygen atoms in total. The monoisotopic (exact) mass is 355 g/mol. The van der Waals surface area contributed by atoms with E-state index in [1.54, 1.807) is 0 Å². The highest BCUT2D eigenvalue weighted by molar-refractivity contribution is 5.86. The molecule has 1 saturated heterocycles. The van der Waals surface area contributed by atoms with Gasteiger partial charge in [-0.2, -0.15) is 0 Å². The third-order valence-corrected chi connectivity index (χ3v) is 4.85. The number of hydrogen-bond donors (Lipinski definition) is 0. The van der Waals surface area contributed by atoms with Crippen molar-refractivity contribution in [3.63, 3.8) is 0 Å². The molecular weight excluding hydrogens is 330 g/mol. The molecule has 0 amide bonds. The molecule has 0 aliphatic carbocycles. The van der Waals surface area contributed by atoms with Gasteiger partial charge >= 0.3 is 0 Å². The van der Waals surface area contributed by atoms with Gasteiger partial charge in [-0.25, -0.2) is 0 Å². The fourth-order valence-electron chi connectivity index (χ4n) is 3.48. The molecule has 0 atom stereocenters. The minimum absolute atomic E-state index is 0.737. The molecule has 1 aliphatic heterocycles. The molecule has 0 bridgehead atoms. The van der Waals surface area contributed by atoms with E-state index in [0.717, 1.165) is 32.8 Å². The lowest BCUT2D eigenvalue weighted by Crippen LogP contribution is -2.27. The van der Waals surface area contributed by atoms with E-state index in [1.807, 2.05) is 0 Å². The van der Waals surface area contributed by atoms with E-state index >= 15 is 0 Å². The van der Waals surface area contributed by atoms with Crippen LogP contribution in [0.1, 0.15) is 16.7 Å². The van der Waals surface area contributed by atoms with Gasteiger partial charge in [-0.15, -0.1) is 0 Å². The summed E-state index contributed by atoms with van der Waals surface area (Å²) in [4.78, 5) is 9.83. The Balaban J connectivity index is 1.49. The van der Waals surface area contributed by atoms with Crippen molar-refractivity contribution in [2.45, 2.75) is 19.6 Å². The molecule has 3 aromatic rings. The Labute approximate surface area is 161 Å². The average molecular weight is 355 g/mol. The summed E-state index contributed by atoms with van der Waals surface area (Å²) in [5.41, 5.74) is 3.93. The molecule has 4 rings (SSSR count). The largest absolute Gasteiger partial charge is 0.342 e. The zero-order valence-corrected chi connectivity index (χ0v) is 15.5. The first-order valence-electron chi connectivity index (χ1n) is 9.49. The Morgan fingerprint density at radius 1 is 0.630 bits per heavy atom. The van der Waals surface area contributed by atoms with Gasteiger partial charge in [0.1, 0.15) is 5.84 Å². The first-order valence-corrected chi connectivity index (χ1v) is 9.49. The van der Waals surface area contributed by atoms with Gasteiger partial charge in [0.15, 0.2) is 0 Å². The van der Waals surface area contributed by atoms with Crippen LogP contribution in [0.15, 0.2) is 96.0 Å². The summed E-state index contributed by atoms with van der Waals surface area (Å²) in [6.07, 6.45) is 0. The summed E-state index contributed by atoms with van der Waals surface area (Å²) < 4.78 is 0. The van der Waals surface area contributed by atoms with Crippen LogP contribution in [0.2, 0.25) is 0 Å². The SMILES string of the molecule is c1ccc(CN=C2CN(Cc3ccccc3)CN2Cc2ccccc2)cc1. The van der Waals surface area contributed by atoms with Crippen LogP contribution in [-0.4, -0.2) is 28.8 Å². The average Bonchev–Trinajstić information content (AvgIpc) is 3.10. The van der Waals surface area contributed by atoms with Crippen molar-refractivity contribution >= 4 is 5.84 Å². The molecule has 0 N–H and O–H groups in total. The minimum Gasteiger partial charge on any atom is -0.342 e. The second kappa shape index (κ2) is 8.65. The van der Waals surface area contributed by atoms with Gasteiger partial charge in [0.2, 0.25) is 0 Å². The minimum atomic E-state index is 0.737. The smallest absolute Gasteiger partial charge is 0.115 e. The lowest BCUT2D eigenvalue weighted by molar-refractivity contribution is 0.250. The first kappa shape index (κ1) is 17.5. The molecule has 0 aromatic heterocycles. The Morgan fingerprint density at radius 3 is 1.74 bits per heavy atom. The van der Waals surface area contributed by atoms with Crippen LogP contribution >= 0.6 is 0 Å². The van der Waals surface area contributed by atoms with Gasteiger partial charge in [-0.3, -0.25) is 9.89 Å². The maximum atomic E-state index is 4.96. The lowest BCUT2D eigenvalue weighted by atomic mass is 10.2. The molecule has 1 heterocycles. The summed E-state index contributed by atoms with van der Waals surface area (Å²) in [5, 5.41) is 0. The van der Waals surface area contributed by atoms with Crippen molar-refractivity contribution in [1.82, 2.24) is 9.80 Å². The zero-order chi connectivity index (χ0) is 18.3. The molecule has 3 heteroatoms. The lowest BCUT2D eigenvalue weighted by Gasteiger charge is -2.20. The molecule has 27 heavy (non-hydrogen) atoms. The third kappa shape index (κ3) is 4.83. The number of aliphatic imine (C=N–C) groups is 1. The van der Waals surface area contributed by atoms with Crippen molar-refractivity contribution in [1.29, 1.82) is 0 Å². The van der Waals surface area contributed by atoms with Crippen molar-refractivity contribution in [2.24, 2.45) is 4.99 Å². The van der Waals surface area contributed by atoms with E-state index in [9.17, 15) is 0 Å². The van der Waals surface area contributed by atoms with Crippen LogP contribution in [0, 0.1) is 0 Å². The highest BCUT2D eigenvalue weighted by atomic mass is 15.4. The summed E-state index contributed by atoms with van der Waals surface area (Å²) in [7, 11) is 0. The molecule has 0 saturated carbocycles. The predicted octanol–water partition coefficient (Wildman–Crippen LogP) is 4.56. The summed E-state index contributed by atoms with van der Waals surface area (Å²) in [5.74, 6) is 1.18. The van der Waals surface area contributed by atoms with Gasteiger partial charge in [0, 0.05) is 13.1 Å². The maximum absolute atomic E-state index is 4.96. The normalized spacial score (nSPS) is 16.1. The van der Waals surface area contributed by atoms with Gasteiger partial charge in [-0.1, -0.05) is 91.0 Å².